The van der Waals surface area contributed by atoms with Gasteiger partial charge in [-0.2, -0.15) is 0 Å². The summed E-state index contributed by atoms with van der Waals surface area (Å²) in [6, 6.07) is 3.40. The minimum Gasteiger partial charge on any atom is -0.465 e. The van der Waals surface area contributed by atoms with Crippen LogP contribution in [0.15, 0.2) is 18.3 Å². The Balaban J connectivity index is 2.24. The van der Waals surface area contributed by atoms with Crippen LogP contribution < -0.4 is 10.0 Å². The van der Waals surface area contributed by atoms with E-state index >= 15 is 0 Å². The van der Waals surface area contributed by atoms with E-state index in [1.54, 1.807) is 12.1 Å². The minimum atomic E-state index is -3.11. The van der Waals surface area contributed by atoms with Crippen LogP contribution in [0.1, 0.15) is 22.5 Å². The second kappa shape index (κ2) is 7.93. The molecule has 20 heavy (non-hydrogen) atoms. The lowest BCUT2D eigenvalue weighted by Gasteiger charge is -2.05. The average molecular weight is 301 g/mol. The van der Waals surface area contributed by atoms with Crippen molar-refractivity contribution in [1.29, 1.82) is 0 Å². The molecule has 1 heterocycles. The molecule has 0 aliphatic carbocycles. The Morgan fingerprint density at radius 2 is 2.10 bits per heavy atom. The van der Waals surface area contributed by atoms with Crippen molar-refractivity contribution in [3.8, 4) is 0 Å². The predicted octanol–water partition coefficient (Wildman–Crippen LogP) is -0.103. The van der Waals surface area contributed by atoms with Crippen molar-refractivity contribution < 1.29 is 17.9 Å². The summed E-state index contributed by atoms with van der Waals surface area (Å²) in [5.41, 5.74) is 1.21. The molecule has 112 valence electrons. The molecular formula is C12H19N3O4S. The molecule has 0 aliphatic rings. The molecule has 0 amide bonds. The topological polar surface area (TPSA) is 97.4 Å². The molecule has 0 unspecified atom stereocenters. The number of sulfonamides is 1. The van der Waals surface area contributed by atoms with Gasteiger partial charge in [-0.1, -0.05) is 0 Å². The van der Waals surface area contributed by atoms with E-state index in [1.165, 1.54) is 13.3 Å². The van der Waals surface area contributed by atoms with Crippen molar-refractivity contribution in [3.05, 3.63) is 29.6 Å². The van der Waals surface area contributed by atoms with E-state index in [1.807, 2.05) is 0 Å². The quantitative estimate of drug-likeness (QED) is 0.514. The summed E-state index contributed by atoms with van der Waals surface area (Å²) in [6.07, 6.45) is 3.29. The highest BCUT2D eigenvalue weighted by atomic mass is 32.2. The molecule has 0 spiro atoms. The van der Waals surface area contributed by atoms with E-state index in [2.05, 4.69) is 19.8 Å². The number of methoxy groups -OCH3 is 1. The highest BCUT2D eigenvalue weighted by molar-refractivity contribution is 7.88. The molecule has 2 N–H and O–H groups in total. The van der Waals surface area contributed by atoms with Crippen LogP contribution in [0.25, 0.3) is 0 Å². The Kier molecular flexibility index (Phi) is 6.56. The second-order valence-electron chi connectivity index (χ2n) is 4.23. The number of hydrogen-bond donors (Lipinski definition) is 2. The standard InChI is InChI=1S/C12H19N3O4S/c1-19-12(16)10-4-5-11(14-8-10)9-13-6-3-7-15-20(2,17)18/h4-5,8,13,15H,3,6-7,9H2,1-2H3. The van der Waals surface area contributed by atoms with Crippen LogP contribution in [0.2, 0.25) is 0 Å². The molecule has 0 radical (unpaired) electrons. The minimum absolute atomic E-state index is 0.403. The molecular weight excluding hydrogens is 282 g/mol. The van der Waals surface area contributed by atoms with Gasteiger partial charge in [0, 0.05) is 19.3 Å². The lowest BCUT2D eigenvalue weighted by atomic mass is 10.2. The van der Waals surface area contributed by atoms with Gasteiger partial charge in [0.1, 0.15) is 0 Å². The van der Waals surface area contributed by atoms with Gasteiger partial charge in [0.25, 0.3) is 0 Å². The number of carbonyl (C=O) groups is 1. The van der Waals surface area contributed by atoms with Crippen LogP contribution in [0.3, 0.4) is 0 Å². The smallest absolute Gasteiger partial charge is 0.339 e. The maximum absolute atomic E-state index is 11.2. The number of carbonyl (C=O) groups excluding carboxylic acids is 1. The maximum atomic E-state index is 11.2. The molecule has 0 fully saturated rings. The van der Waals surface area contributed by atoms with Gasteiger partial charge in [0.2, 0.25) is 10.0 Å². The van der Waals surface area contributed by atoms with Crippen molar-refractivity contribution in [1.82, 2.24) is 15.0 Å². The van der Waals surface area contributed by atoms with Gasteiger partial charge < -0.3 is 10.1 Å². The highest BCUT2D eigenvalue weighted by Gasteiger charge is 2.05. The van der Waals surface area contributed by atoms with E-state index in [-0.39, 0.29) is 0 Å². The van der Waals surface area contributed by atoms with Gasteiger partial charge in [0.15, 0.2) is 0 Å². The van der Waals surface area contributed by atoms with E-state index in [0.717, 1.165) is 11.9 Å². The molecule has 0 saturated carbocycles. The van der Waals surface area contributed by atoms with Gasteiger partial charge in [-0.3, -0.25) is 4.98 Å². The van der Waals surface area contributed by atoms with Crippen LogP contribution in [-0.4, -0.2) is 45.8 Å². The third kappa shape index (κ3) is 6.60. The van der Waals surface area contributed by atoms with Crippen molar-refractivity contribution in [3.63, 3.8) is 0 Å². The van der Waals surface area contributed by atoms with E-state index < -0.39 is 16.0 Å². The largest absolute Gasteiger partial charge is 0.465 e. The van der Waals surface area contributed by atoms with Gasteiger partial charge in [0.05, 0.1) is 24.6 Å². The molecule has 1 aromatic rings. The van der Waals surface area contributed by atoms with Crippen LogP contribution >= 0.6 is 0 Å². The van der Waals surface area contributed by atoms with Gasteiger partial charge in [-0.15, -0.1) is 0 Å². The molecule has 0 aliphatic heterocycles. The van der Waals surface area contributed by atoms with E-state index in [9.17, 15) is 13.2 Å². The highest BCUT2D eigenvalue weighted by Crippen LogP contribution is 2.01. The van der Waals surface area contributed by atoms with Gasteiger partial charge in [-0.25, -0.2) is 17.9 Å². The van der Waals surface area contributed by atoms with Crippen LogP contribution in [-0.2, 0) is 21.3 Å². The number of ether oxygens (including phenoxy) is 1. The number of nitrogens with one attached hydrogen (secondary N) is 2. The van der Waals surface area contributed by atoms with E-state index in [4.69, 9.17) is 0 Å². The zero-order valence-corrected chi connectivity index (χ0v) is 12.4. The molecule has 0 aromatic carbocycles. The third-order valence-electron chi connectivity index (χ3n) is 2.45. The normalized spacial score (nSPS) is 11.3. The summed E-state index contributed by atoms with van der Waals surface area (Å²) in [7, 11) is -1.79. The number of rotatable bonds is 8. The Labute approximate surface area is 118 Å². The zero-order chi connectivity index (χ0) is 15.0. The fourth-order valence-corrected chi connectivity index (χ4v) is 1.97. The first-order chi connectivity index (χ1) is 9.42. The molecule has 1 aromatic heterocycles. The summed E-state index contributed by atoms with van der Waals surface area (Å²) in [6.45, 7) is 1.63. The molecule has 0 atom stereocenters. The van der Waals surface area contributed by atoms with Crippen LogP contribution in [0, 0.1) is 0 Å². The van der Waals surface area contributed by atoms with Gasteiger partial charge >= 0.3 is 5.97 Å². The lowest BCUT2D eigenvalue weighted by Crippen LogP contribution is -2.26. The Morgan fingerprint density at radius 1 is 1.35 bits per heavy atom. The van der Waals surface area contributed by atoms with Gasteiger partial charge in [-0.05, 0) is 25.1 Å². The third-order valence-corrected chi connectivity index (χ3v) is 3.18. The summed E-state index contributed by atoms with van der Waals surface area (Å²) in [5.74, 6) is -0.413. The first kappa shape index (κ1) is 16.5. The lowest BCUT2D eigenvalue weighted by molar-refractivity contribution is 0.0600. The number of aromatic nitrogens is 1. The molecule has 0 bridgehead atoms. The number of esters is 1. The summed E-state index contributed by atoms with van der Waals surface area (Å²) >= 11 is 0. The maximum Gasteiger partial charge on any atom is 0.339 e. The Morgan fingerprint density at radius 3 is 2.65 bits per heavy atom. The monoisotopic (exact) mass is 301 g/mol. The van der Waals surface area contributed by atoms with Crippen molar-refractivity contribution >= 4 is 16.0 Å². The Bertz CT molecular complexity index is 528. The van der Waals surface area contributed by atoms with Crippen LogP contribution in [0.4, 0.5) is 0 Å². The molecule has 8 heteroatoms. The van der Waals surface area contributed by atoms with Crippen molar-refractivity contribution in [2.24, 2.45) is 0 Å². The fraction of sp³-hybridized carbons (Fsp3) is 0.500. The molecule has 0 saturated heterocycles. The first-order valence-corrected chi connectivity index (χ1v) is 8.00. The number of nitrogens with zero attached hydrogens (tertiary/aromatic N) is 1. The summed E-state index contributed by atoms with van der Waals surface area (Å²) in [4.78, 5) is 15.3. The first-order valence-electron chi connectivity index (χ1n) is 6.11. The predicted molar refractivity (Wildman–Crippen MR) is 74.7 cm³/mol. The Hall–Kier alpha value is -1.51. The number of pyridine rings is 1. The molecule has 1 rings (SSSR count). The fourth-order valence-electron chi connectivity index (χ4n) is 1.46. The summed E-state index contributed by atoms with van der Waals surface area (Å²) in [5, 5.41) is 3.14. The van der Waals surface area contributed by atoms with Crippen LogP contribution in [0.5, 0.6) is 0 Å². The summed E-state index contributed by atoms with van der Waals surface area (Å²) < 4.78 is 28.6. The molecule has 7 nitrogen and oxygen atoms in total. The van der Waals surface area contributed by atoms with Crippen molar-refractivity contribution in [2.45, 2.75) is 13.0 Å². The SMILES string of the molecule is COC(=O)c1ccc(CNCCCNS(C)(=O)=O)nc1. The second-order valence-corrected chi connectivity index (χ2v) is 6.06. The zero-order valence-electron chi connectivity index (χ0n) is 11.5. The van der Waals surface area contributed by atoms with Crippen molar-refractivity contribution in [2.75, 3.05) is 26.5 Å². The number of hydrogen-bond acceptors (Lipinski definition) is 6. The average Bonchev–Trinajstić information content (AvgIpc) is 2.41. The van der Waals surface area contributed by atoms with E-state index in [0.29, 0.717) is 31.6 Å².